The number of aromatic nitrogens is 2. The van der Waals surface area contributed by atoms with Crippen molar-refractivity contribution in [2.75, 3.05) is 17.7 Å². The van der Waals surface area contributed by atoms with E-state index in [1.54, 1.807) is 54.1 Å². The van der Waals surface area contributed by atoms with E-state index in [2.05, 4.69) is 17.6 Å². The summed E-state index contributed by atoms with van der Waals surface area (Å²) in [6.07, 6.45) is 1.53. The Bertz CT molecular complexity index is 1710. The van der Waals surface area contributed by atoms with E-state index in [0.717, 1.165) is 34.7 Å². The first-order valence-corrected chi connectivity index (χ1v) is 13.4. The summed E-state index contributed by atoms with van der Waals surface area (Å²) in [5.41, 5.74) is 4.57. The topological polar surface area (TPSA) is 85.3 Å². The highest BCUT2D eigenvalue weighted by Crippen LogP contribution is 2.29. The van der Waals surface area contributed by atoms with Gasteiger partial charge in [-0.25, -0.2) is 9.78 Å². The normalized spacial score (nSPS) is 10.9. The van der Waals surface area contributed by atoms with Gasteiger partial charge in [0.05, 0.1) is 24.6 Å². The van der Waals surface area contributed by atoms with E-state index in [-0.39, 0.29) is 5.56 Å². The highest BCUT2D eigenvalue weighted by atomic mass is 35.5. The van der Waals surface area contributed by atoms with Crippen molar-refractivity contribution in [3.63, 3.8) is 0 Å². The molecule has 202 valence electrons. The summed E-state index contributed by atoms with van der Waals surface area (Å²) < 4.78 is 7.23. The van der Waals surface area contributed by atoms with Crippen LogP contribution in [-0.2, 0) is 13.0 Å². The summed E-state index contributed by atoms with van der Waals surface area (Å²) in [6.45, 7) is 2.45. The van der Waals surface area contributed by atoms with Crippen molar-refractivity contribution in [3.8, 4) is 16.9 Å². The van der Waals surface area contributed by atoms with Crippen LogP contribution in [0.3, 0.4) is 0 Å². The van der Waals surface area contributed by atoms with Gasteiger partial charge in [0.2, 0.25) is 0 Å². The number of carbonyl (C=O) groups is 1. The first kappa shape index (κ1) is 27.0. The predicted molar refractivity (Wildman–Crippen MR) is 162 cm³/mol. The fraction of sp³-hybridized carbons (Fsp3) is 0.156. The average molecular weight is 553 g/mol. The number of nitrogens with zero attached hydrogens (tertiary/aromatic N) is 2. The largest absolute Gasteiger partial charge is 0.496 e. The Morgan fingerprint density at radius 1 is 0.925 bits per heavy atom. The first-order valence-electron chi connectivity index (χ1n) is 13.0. The molecule has 0 atom stereocenters. The van der Waals surface area contributed by atoms with Crippen molar-refractivity contribution in [3.05, 3.63) is 118 Å². The molecule has 0 saturated heterocycles. The van der Waals surface area contributed by atoms with Gasteiger partial charge < -0.3 is 15.4 Å². The fourth-order valence-electron chi connectivity index (χ4n) is 4.60. The van der Waals surface area contributed by atoms with Gasteiger partial charge >= 0.3 is 6.03 Å². The molecule has 0 bridgehead atoms. The number of hydrogen-bond acceptors (Lipinski definition) is 4. The summed E-state index contributed by atoms with van der Waals surface area (Å²) in [7, 11) is 1.66. The number of para-hydroxylation sites is 1. The molecule has 4 aromatic carbocycles. The minimum Gasteiger partial charge on any atom is -0.496 e. The first-order chi connectivity index (χ1) is 19.4. The lowest BCUT2D eigenvalue weighted by molar-refractivity contribution is 0.262. The monoisotopic (exact) mass is 552 g/mol. The van der Waals surface area contributed by atoms with Gasteiger partial charge in [0.15, 0.2) is 0 Å². The number of methoxy groups -OCH3 is 1. The Hall–Kier alpha value is -4.62. The maximum Gasteiger partial charge on any atom is 0.323 e. The molecule has 0 aliphatic heterocycles. The van der Waals surface area contributed by atoms with Crippen LogP contribution < -0.4 is 20.9 Å². The lowest BCUT2D eigenvalue weighted by atomic mass is 10.0. The lowest BCUT2D eigenvalue weighted by Gasteiger charge is -2.15. The molecule has 1 heterocycles. The van der Waals surface area contributed by atoms with Gasteiger partial charge in [-0.15, -0.1) is 0 Å². The standard InChI is InChI=1S/C32H29ClN4O3/c1-3-6-30-36-28-18-17-25(35-32(39)34-24-15-13-23(33)14-16-24)19-27(28)31(38)37(30)20-21-9-11-22(12-10-21)26-7-4-5-8-29(26)40-2/h4-5,7-19H,3,6,20H2,1-2H3,(H2,34,35,39). The third kappa shape index (κ3) is 6.00. The van der Waals surface area contributed by atoms with Crippen LogP contribution in [0, 0.1) is 0 Å². The van der Waals surface area contributed by atoms with E-state index in [9.17, 15) is 9.59 Å². The molecule has 0 radical (unpaired) electrons. The molecule has 0 fully saturated rings. The van der Waals surface area contributed by atoms with Crippen LogP contribution in [0.25, 0.3) is 22.0 Å². The molecule has 0 aliphatic carbocycles. The van der Waals surface area contributed by atoms with Crippen molar-refractivity contribution < 1.29 is 9.53 Å². The molecule has 0 saturated carbocycles. The maximum absolute atomic E-state index is 13.7. The van der Waals surface area contributed by atoms with Crippen molar-refractivity contribution in [1.82, 2.24) is 9.55 Å². The molecule has 2 N–H and O–H groups in total. The summed E-state index contributed by atoms with van der Waals surface area (Å²) in [4.78, 5) is 31.1. The molecule has 5 aromatic rings. The molecule has 8 heteroatoms. The molecule has 5 rings (SSSR count). The van der Waals surface area contributed by atoms with Crippen LogP contribution in [0.5, 0.6) is 5.75 Å². The van der Waals surface area contributed by atoms with E-state index in [0.29, 0.717) is 40.3 Å². The van der Waals surface area contributed by atoms with Crippen molar-refractivity contribution in [1.29, 1.82) is 0 Å². The van der Waals surface area contributed by atoms with Gasteiger partial charge in [0.25, 0.3) is 5.56 Å². The number of fused-ring (bicyclic) bond motifs is 1. The minimum atomic E-state index is -0.423. The molecular weight excluding hydrogens is 524 g/mol. The van der Waals surface area contributed by atoms with Crippen molar-refractivity contribution in [2.24, 2.45) is 0 Å². The van der Waals surface area contributed by atoms with E-state index in [4.69, 9.17) is 21.3 Å². The Morgan fingerprint density at radius 2 is 1.62 bits per heavy atom. The van der Waals surface area contributed by atoms with E-state index in [1.807, 2.05) is 48.5 Å². The van der Waals surface area contributed by atoms with Crippen LogP contribution in [-0.4, -0.2) is 22.7 Å². The molecular formula is C32H29ClN4O3. The highest BCUT2D eigenvalue weighted by molar-refractivity contribution is 6.30. The fourth-order valence-corrected chi connectivity index (χ4v) is 4.73. The molecule has 0 spiro atoms. The summed E-state index contributed by atoms with van der Waals surface area (Å²) in [6, 6.07) is 27.6. The Balaban J connectivity index is 1.42. The zero-order valence-corrected chi connectivity index (χ0v) is 23.0. The number of halogens is 1. The van der Waals surface area contributed by atoms with Gasteiger partial charge in [0, 0.05) is 28.4 Å². The number of benzene rings is 4. The van der Waals surface area contributed by atoms with Crippen LogP contribution >= 0.6 is 11.6 Å². The van der Waals surface area contributed by atoms with E-state index < -0.39 is 6.03 Å². The van der Waals surface area contributed by atoms with Crippen LogP contribution in [0.2, 0.25) is 5.02 Å². The molecule has 0 aliphatic rings. The van der Waals surface area contributed by atoms with Gasteiger partial charge in [-0.3, -0.25) is 9.36 Å². The van der Waals surface area contributed by atoms with Crippen LogP contribution in [0.1, 0.15) is 24.7 Å². The number of rotatable bonds is 8. The number of amides is 2. The zero-order chi connectivity index (χ0) is 28.1. The Morgan fingerprint density at radius 3 is 2.35 bits per heavy atom. The lowest BCUT2D eigenvalue weighted by Crippen LogP contribution is -2.26. The molecule has 1 aromatic heterocycles. The Labute approximate surface area is 237 Å². The quantitative estimate of drug-likeness (QED) is 0.210. The Kier molecular flexibility index (Phi) is 8.12. The molecule has 7 nitrogen and oxygen atoms in total. The number of ether oxygens (including phenoxy) is 1. The number of carbonyl (C=O) groups excluding carboxylic acids is 1. The summed E-state index contributed by atoms with van der Waals surface area (Å²) in [5.74, 6) is 1.54. The zero-order valence-electron chi connectivity index (χ0n) is 22.3. The maximum atomic E-state index is 13.7. The summed E-state index contributed by atoms with van der Waals surface area (Å²) >= 11 is 5.92. The molecule has 0 unspecified atom stereocenters. The van der Waals surface area contributed by atoms with Gasteiger partial charge in [-0.2, -0.15) is 0 Å². The smallest absolute Gasteiger partial charge is 0.323 e. The number of hydrogen-bond donors (Lipinski definition) is 2. The van der Waals surface area contributed by atoms with E-state index >= 15 is 0 Å². The molecule has 40 heavy (non-hydrogen) atoms. The van der Waals surface area contributed by atoms with Crippen LogP contribution in [0.4, 0.5) is 16.2 Å². The number of urea groups is 1. The number of anilines is 2. The second kappa shape index (κ2) is 12.1. The van der Waals surface area contributed by atoms with Crippen molar-refractivity contribution in [2.45, 2.75) is 26.3 Å². The second-order valence-corrected chi connectivity index (χ2v) is 9.82. The number of aryl methyl sites for hydroxylation is 1. The van der Waals surface area contributed by atoms with Gasteiger partial charge in [-0.05, 0) is 66.1 Å². The average Bonchev–Trinajstić information content (AvgIpc) is 2.97. The van der Waals surface area contributed by atoms with Gasteiger partial charge in [0.1, 0.15) is 11.6 Å². The molecule has 2 amide bonds. The van der Waals surface area contributed by atoms with Gasteiger partial charge in [-0.1, -0.05) is 61.0 Å². The second-order valence-electron chi connectivity index (χ2n) is 9.38. The predicted octanol–water partition coefficient (Wildman–Crippen LogP) is 7.37. The highest BCUT2D eigenvalue weighted by Gasteiger charge is 2.13. The third-order valence-corrected chi connectivity index (χ3v) is 6.83. The minimum absolute atomic E-state index is 0.149. The van der Waals surface area contributed by atoms with Crippen molar-refractivity contribution >= 4 is 39.9 Å². The van der Waals surface area contributed by atoms with Crippen LogP contribution in [0.15, 0.2) is 95.8 Å². The van der Waals surface area contributed by atoms with E-state index in [1.165, 1.54) is 0 Å². The SMILES string of the molecule is CCCc1nc2ccc(NC(=O)Nc3ccc(Cl)cc3)cc2c(=O)n1Cc1ccc(-c2ccccc2OC)cc1. The third-order valence-electron chi connectivity index (χ3n) is 6.58. The summed E-state index contributed by atoms with van der Waals surface area (Å²) in [5, 5.41) is 6.58. The number of nitrogens with one attached hydrogen (secondary N) is 2.